The number of carbonyl (C=O) groups excluding carboxylic acids is 1. The molecule has 0 bridgehead atoms. The number of hydrogen-bond donors (Lipinski definition) is 0. The number of sulfone groups is 2. The van der Waals surface area contributed by atoms with Crippen molar-refractivity contribution in [2.45, 2.75) is 34.3 Å². The van der Waals surface area contributed by atoms with Crippen LogP contribution < -0.4 is 0 Å². The summed E-state index contributed by atoms with van der Waals surface area (Å²) in [6, 6.07) is 12.5. The van der Waals surface area contributed by atoms with Crippen molar-refractivity contribution in [3.05, 3.63) is 59.1 Å². The van der Waals surface area contributed by atoms with Crippen molar-refractivity contribution < 1.29 is 21.6 Å². The summed E-state index contributed by atoms with van der Waals surface area (Å²) in [6.07, 6.45) is 2.26. The molecule has 1 saturated heterocycles. The van der Waals surface area contributed by atoms with Gasteiger partial charge in [0.25, 0.3) is 0 Å². The van der Waals surface area contributed by atoms with Crippen LogP contribution in [0.4, 0.5) is 0 Å². The molecule has 1 amide bonds. The van der Waals surface area contributed by atoms with E-state index in [1.807, 2.05) is 0 Å². The van der Waals surface area contributed by atoms with Gasteiger partial charge in [-0.3, -0.25) is 4.79 Å². The molecule has 156 valence electrons. The Hall–Kier alpha value is -1.90. The molecule has 0 aromatic heterocycles. The third-order valence-electron chi connectivity index (χ3n) is 5.06. The van der Waals surface area contributed by atoms with E-state index < -0.39 is 24.9 Å². The standard InChI is InChI=1S/C20H22ClNO5S2/c1-28(24,25)17-7-2-15(3-8-17)4-11-20(23)22-13-12-19(14-22)29(26,27)18-9-5-16(21)6-10-18/h2-3,5-10,19H,4,11-14H2,1H3. The lowest BCUT2D eigenvalue weighted by Gasteiger charge is -2.17. The van der Waals surface area contributed by atoms with Crippen molar-refractivity contribution >= 4 is 37.2 Å². The quantitative estimate of drug-likeness (QED) is 0.668. The molecule has 0 spiro atoms. The lowest BCUT2D eigenvalue weighted by atomic mass is 10.1. The molecule has 2 aromatic carbocycles. The molecule has 9 heteroatoms. The minimum atomic E-state index is -3.52. The molecule has 6 nitrogen and oxygen atoms in total. The maximum absolute atomic E-state index is 12.8. The van der Waals surface area contributed by atoms with Crippen LogP contribution in [0.5, 0.6) is 0 Å². The first kappa shape index (κ1) is 21.8. The molecule has 0 N–H and O–H groups in total. The number of halogens is 1. The molecule has 1 fully saturated rings. The molecule has 29 heavy (non-hydrogen) atoms. The first-order chi connectivity index (χ1) is 13.6. The van der Waals surface area contributed by atoms with Gasteiger partial charge < -0.3 is 4.90 Å². The van der Waals surface area contributed by atoms with Crippen molar-refractivity contribution in [1.29, 1.82) is 0 Å². The Bertz CT molecular complexity index is 1090. The Labute approximate surface area is 176 Å². The SMILES string of the molecule is CS(=O)(=O)c1ccc(CCC(=O)N2CCC(S(=O)(=O)c3ccc(Cl)cc3)C2)cc1. The molecular formula is C20H22ClNO5S2. The van der Waals surface area contributed by atoms with E-state index in [0.717, 1.165) is 11.8 Å². The smallest absolute Gasteiger partial charge is 0.222 e. The normalized spacial score (nSPS) is 17.4. The van der Waals surface area contributed by atoms with Gasteiger partial charge in [-0.2, -0.15) is 0 Å². The summed E-state index contributed by atoms with van der Waals surface area (Å²) in [5.74, 6) is -0.106. The Morgan fingerprint density at radius 2 is 1.59 bits per heavy atom. The number of benzene rings is 2. The fourth-order valence-electron chi connectivity index (χ4n) is 3.34. The number of likely N-dealkylation sites (tertiary alicyclic amines) is 1. The molecule has 0 aliphatic carbocycles. The van der Waals surface area contributed by atoms with Gasteiger partial charge in [0.2, 0.25) is 5.91 Å². The fourth-order valence-corrected chi connectivity index (χ4v) is 5.79. The molecule has 1 heterocycles. The third-order valence-corrected chi connectivity index (χ3v) is 8.63. The summed E-state index contributed by atoms with van der Waals surface area (Å²) in [4.78, 5) is 14.6. The zero-order valence-electron chi connectivity index (χ0n) is 15.9. The van der Waals surface area contributed by atoms with Gasteiger partial charge in [-0.25, -0.2) is 16.8 Å². The highest BCUT2D eigenvalue weighted by Gasteiger charge is 2.35. The predicted octanol–water partition coefficient (Wildman–Crippen LogP) is 2.75. The lowest BCUT2D eigenvalue weighted by molar-refractivity contribution is -0.130. The lowest BCUT2D eigenvalue weighted by Crippen LogP contribution is -2.32. The van der Waals surface area contributed by atoms with E-state index in [0.29, 0.717) is 24.4 Å². The van der Waals surface area contributed by atoms with Crippen LogP contribution in [0.2, 0.25) is 5.02 Å². The number of rotatable bonds is 6. The third kappa shape index (κ3) is 5.18. The van der Waals surface area contributed by atoms with Crippen LogP contribution in [0.1, 0.15) is 18.4 Å². The van der Waals surface area contributed by atoms with Crippen molar-refractivity contribution in [3.63, 3.8) is 0 Å². The summed E-state index contributed by atoms with van der Waals surface area (Å²) >= 11 is 5.82. The van der Waals surface area contributed by atoms with E-state index in [4.69, 9.17) is 11.6 Å². The number of hydrogen-bond acceptors (Lipinski definition) is 5. The Morgan fingerprint density at radius 1 is 1.00 bits per heavy atom. The molecule has 2 aromatic rings. The summed E-state index contributed by atoms with van der Waals surface area (Å²) < 4.78 is 48.5. The Morgan fingerprint density at radius 3 is 2.17 bits per heavy atom. The van der Waals surface area contributed by atoms with Crippen molar-refractivity contribution in [3.8, 4) is 0 Å². The highest BCUT2D eigenvalue weighted by atomic mass is 35.5. The van der Waals surface area contributed by atoms with Crippen molar-refractivity contribution in [2.24, 2.45) is 0 Å². The van der Waals surface area contributed by atoms with Crippen LogP contribution in [0.3, 0.4) is 0 Å². The highest BCUT2D eigenvalue weighted by molar-refractivity contribution is 7.92. The second kappa shape index (κ2) is 8.45. The monoisotopic (exact) mass is 455 g/mol. The summed E-state index contributed by atoms with van der Waals surface area (Å²) in [7, 11) is -6.77. The second-order valence-corrected chi connectivity index (χ2v) is 11.8. The topological polar surface area (TPSA) is 88.6 Å². The van der Waals surface area contributed by atoms with E-state index >= 15 is 0 Å². The Balaban J connectivity index is 1.58. The maximum Gasteiger partial charge on any atom is 0.222 e. The molecule has 0 radical (unpaired) electrons. The average Bonchev–Trinajstić information content (AvgIpc) is 3.17. The van der Waals surface area contributed by atoms with Crippen LogP contribution in [0, 0.1) is 0 Å². The van der Waals surface area contributed by atoms with E-state index in [1.165, 1.54) is 24.3 Å². The van der Waals surface area contributed by atoms with Gasteiger partial charge in [0.1, 0.15) is 0 Å². The van der Waals surface area contributed by atoms with Crippen LogP contribution >= 0.6 is 11.6 Å². The predicted molar refractivity (Wildman–Crippen MR) is 111 cm³/mol. The first-order valence-corrected chi connectivity index (χ1v) is 13.0. The van der Waals surface area contributed by atoms with E-state index in [2.05, 4.69) is 0 Å². The molecule has 1 unspecified atom stereocenters. The largest absolute Gasteiger partial charge is 0.341 e. The van der Waals surface area contributed by atoms with Crippen molar-refractivity contribution in [2.75, 3.05) is 19.3 Å². The van der Waals surface area contributed by atoms with Crippen LogP contribution in [-0.4, -0.2) is 52.2 Å². The van der Waals surface area contributed by atoms with Gasteiger partial charge in [0, 0.05) is 30.8 Å². The van der Waals surface area contributed by atoms with Gasteiger partial charge in [-0.1, -0.05) is 23.7 Å². The minimum absolute atomic E-state index is 0.106. The van der Waals surface area contributed by atoms with Gasteiger partial charge in [0.15, 0.2) is 19.7 Å². The molecule has 1 atom stereocenters. The maximum atomic E-state index is 12.8. The van der Waals surface area contributed by atoms with Gasteiger partial charge in [0.05, 0.1) is 15.0 Å². The summed E-state index contributed by atoms with van der Waals surface area (Å²) in [6.45, 7) is 0.583. The molecule has 3 rings (SSSR count). The van der Waals surface area contributed by atoms with Crippen LogP contribution in [0.15, 0.2) is 58.3 Å². The number of nitrogens with zero attached hydrogens (tertiary/aromatic N) is 1. The van der Waals surface area contributed by atoms with Crippen LogP contribution in [0.25, 0.3) is 0 Å². The summed E-state index contributed by atoms with van der Waals surface area (Å²) in [5.41, 5.74) is 0.857. The van der Waals surface area contributed by atoms with Crippen LogP contribution in [-0.2, 0) is 30.9 Å². The van der Waals surface area contributed by atoms with Gasteiger partial charge in [-0.05, 0) is 54.8 Å². The van der Waals surface area contributed by atoms with E-state index in [1.54, 1.807) is 29.2 Å². The fraction of sp³-hybridized carbons (Fsp3) is 0.350. The molecule has 1 aliphatic rings. The highest BCUT2D eigenvalue weighted by Crippen LogP contribution is 2.25. The molecular weight excluding hydrogens is 434 g/mol. The van der Waals surface area contributed by atoms with Gasteiger partial charge in [-0.15, -0.1) is 0 Å². The number of carbonyl (C=O) groups is 1. The first-order valence-electron chi connectivity index (χ1n) is 9.13. The van der Waals surface area contributed by atoms with E-state index in [9.17, 15) is 21.6 Å². The van der Waals surface area contributed by atoms with Crippen molar-refractivity contribution in [1.82, 2.24) is 4.90 Å². The zero-order valence-corrected chi connectivity index (χ0v) is 18.3. The molecule has 1 aliphatic heterocycles. The van der Waals surface area contributed by atoms with E-state index in [-0.39, 0.29) is 28.7 Å². The Kier molecular flexibility index (Phi) is 6.36. The number of aryl methyl sites for hydroxylation is 1. The summed E-state index contributed by atoms with van der Waals surface area (Å²) in [5, 5.41) is -0.154. The number of amides is 1. The van der Waals surface area contributed by atoms with Gasteiger partial charge >= 0.3 is 0 Å². The molecule has 0 saturated carbocycles. The minimum Gasteiger partial charge on any atom is -0.341 e. The second-order valence-electron chi connectivity index (χ2n) is 7.17. The zero-order chi connectivity index (χ0) is 21.2. The average molecular weight is 456 g/mol.